The van der Waals surface area contributed by atoms with E-state index in [1.54, 1.807) is 43.5 Å². The monoisotopic (exact) mass is 390 g/mol. The van der Waals surface area contributed by atoms with Gasteiger partial charge in [0, 0.05) is 11.6 Å². The fourth-order valence-corrected chi connectivity index (χ4v) is 2.71. The molecule has 0 bridgehead atoms. The number of carbonyl (C=O) groups is 2. The van der Waals surface area contributed by atoms with Crippen molar-refractivity contribution in [2.24, 2.45) is 0 Å². The molecule has 0 radical (unpaired) electrons. The lowest BCUT2D eigenvalue weighted by Crippen LogP contribution is -2.36. The standard InChI is InChI=1S/C23H22N2O4/c1-16(17-7-4-3-5-8-17)24-23(27)21(15-20-9-6-14-29-20)25-22(26)18-10-12-19(28-2)13-11-18/h3-16H,1-2H3,(H,24,27)(H,25,26)/b21-15-/t16-/m1/s1. The minimum absolute atomic E-state index is 0.0866. The van der Waals surface area contributed by atoms with Gasteiger partial charge in [0.2, 0.25) is 0 Å². The van der Waals surface area contributed by atoms with Gasteiger partial charge in [-0.15, -0.1) is 0 Å². The average Bonchev–Trinajstić information content (AvgIpc) is 3.27. The summed E-state index contributed by atoms with van der Waals surface area (Å²) in [6, 6.07) is 19.4. The lowest BCUT2D eigenvalue weighted by Gasteiger charge is -2.16. The molecule has 0 saturated carbocycles. The normalized spacial score (nSPS) is 12.1. The molecule has 3 rings (SSSR count). The molecule has 0 unspecified atom stereocenters. The molecule has 1 atom stereocenters. The van der Waals surface area contributed by atoms with Crippen molar-refractivity contribution in [3.63, 3.8) is 0 Å². The van der Waals surface area contributed by atoms with Crippen molar-refractivity contribution in [2.45, 2.75) is 13.0 Å². The van der Waals surface area contributed by atoms with E-state index in [-0.39, 0.29) is 11.7 Å². The molecule has 0 saturated heterocycles. The molecule has 0 aliphatic carbocycles. The van der Waals surface area contributed by atoms with E-state index in [0.717, 1.165) is 5.56 Å². The first-order valence-electron chi connectivity index (χ1n) is 9.13. The number of nitrogens with one attached hydrogen (secondary N) is 2. The summed E-state index contributed by atoms with van der Waals surface area (Å²) in [4.78, 5) is 25.5. The van der Waals surface area contributed by atoms with Gasteiger partial charge in [0.25, 0.3) is 11.8 Å². The van der Waals surface area contributed by atoms with Crippen LogP contribution in [0.5, 0.6) is 5.75 Å². The largest absolute Gasteiger partial charge is 0.497 e. The van der Waals surface area contributed by atoms with Crippen LogP contribution in [0, 0.1) is 0 Å². The SMILES string of the molecule is COc1ccc(C(=O)N/C(=C\c2ccco2)C(=O)N[C@H](C)c2ccccc2)cc1. The number of methoxy groups -OCH3 is 1. The molecule has 1 heterocycles. The smallest absolute Gasteiger partial charge is 0.268 e. The van der Waals surface area contributed by atoms with Gasteiger partial charge < -0.3 is 19.8 Å². The topological polar surface area (TPSA) is 80.6 Å². The number of furan rings is 1. The minimum atomic E-state index is -0.417. The van der Waals surface area contributed by atoms with Gasteiger partial charge in [0.1, 0.15) is 17.2 Å². The van der Waals surface area contributed by atoms with Crippen molar-refractivity contribution < 1.29 is 18.7 Å². The summed E-state index contributed by atoms with van der Waals surface area (Å²) >= 11 is 0. The fraction of sp³-hybridized carbons (Fsp3) is 0.130. The zero-order valence-electron chi connectivity index (χ0n) is 16.2. The van der Waals surface area contributed by atoms with Crippen molar-refractivity contribution in [3.8, 4) is 5.75 Å². The van der Waals surface area contributed by atoms with Crippen LogP contribution in [-0.4, -0.2) is 18.9 Å². The number of rotatable bonds is 7. The molecule has 2 N–H and O–H groups in total. The molecule has 0 aliphatic heterocycles. The molecule has 3 aromatic rings. The van der Waals surface area contributed by atoms with Gasteiger partial charge in [0.05, 0.1) is 19.4 Å². The number of hydrogen-bond acceptors (Lipinski definition) is 4. The second kappa shape index (κ2) is 9.41. The van der Waals surface area contributed by atoms with Crippen LogP contribution < -0.4 is 15.4 Å². The maximum absolute atomic E-state index is 12.9. The van der Waals surface area contributed by atoms with Crippen LogP contribution in [0.25, 0.3) is 6.08 Å². The zero-order chi connectivity index (χ0) is 20.6. The molecular formula is C23H22N2O4. The third kappa shape index (κ3) is 5.35. The Kier molecular flexibility index (Phi) is 6.47. The molecule has 29 heavy (non-hydrogen) atoms. The Bertz CT molecular complexity index is 977. The van der Waals surface area contributed by atoms with Gasteiger partial charge in [-0.2, -0.15) is 0 Å². The first-order chi connectivity index (χ1) is 14.1. The number of amides is 2. The summed E-state index contributed by atoms with van der Waals surface area (Å²) in [6.45, 7) is 1.88. The molecule has 0 fully saturated rings. The van der Waals surface area contributed by atoms with Gasteiger partial charge >= 0.3 is 0 Å². The maximum Gasteiger partial charge on any atom is 0.268 e. The first kappa shape index (κ1) is 19.9. The Morgan fingerprint density at radius 1 is 1.00 bits per heavy atom. The highest BCUT2D eigenvalue weighted by Gasteiger charge is 2.18. The van der Waals surface area contributed by atoms with Crippen LogP contribution in [0.15, 0.2) is 83.1 Å². The van der Waals surface area contributed by atoms with Crippen molar-refractivity contribution in [2.75, 3.05) is 7.11 Å². The van der Waals surface area contributed by atoms with Crippen LogP contribution in [0.4, 0.5) is 0 Å². The molecule has 2 amide bonds. The van der Waals surface area contributed by atoms with Crippen LogP contribution >= 0.6 is 0 Å². The Hall–Kier alpha value is -3.80. The molecular weight excluding hydrogens is 368 g/mol. The summed E-state index contributed by atoms with van der Waals surface area (Å²) in [5.41, 5.74) is 1.45. The van der Waals surface area contributed by atoms with Gasteiger partial charge in [0.15, 0.2) is 0 Å². The van der Waals surface area contributed by atoms with E-state index in [2.05, 4.69) is 10.6 Å². The van der Waals surface area contributed by atoms with Gasteiger partial charge in [-0.25, -0.2) is 0 Å². The fourth-order valence-electron chi connectivity index (χ4n) is 2.71. The number of carbonyl (C=O) groups excluding carboxylic acids is 2. The van der Waals surface area contributed by atoms with Crippen LogP contribution in [0.3, 0.4) is 0 Å². The molecule has 6 heteroatoms. The highest BCUT2D eigenvalue weighted by molar-refractivity contribution is 6.05. The first-order valence-corrected chi connectivity index (χ1v) is 9.13. The van der Waals surface area contributed by atoms with E-state index in [4.69, 9.17) is 9.15 Å². The molecule has 2 aromatic carbocycles. The Morgan fingerprint density at radius 2 is 1.72 bits per heavy atom. The van der Waals surface area contributed by atoms with E-state index >= 15 is 0 Å². The Morgan fingerprint density at radius 3 is 2.34 bits per heavy atom. The third-order valence-corrected chi connectivity index (χ3v) is 4.32. The lowest BCUT2D eigenvalue weighted by molar-refractivity contribution is -0.118. The molecule has 1 aromatic heterocycles. The summed E-state index contributed by atoms with van der Waals surface area (Å²) in [5, 5.41) is 5.58. The predicted octanol–water partition coefficient (Wildman–Crippen LogP) is 3.94. The average molecular weight is 390 g/mol. The maximum atomic E-state index is 12.9. The molecule has 0 spiro atoms. The van der Waals surface area contributed by atoms with Crippen LogP contribution in [0.2, 0.25) is 0 Å². The van der Waals surface area contributed by atoms with E-state index in [0.29, 0.717) is 17.1 Å². The van der Waals surface area contributed by atoms with E-state index < -0.39 is 11.8 Å². The van der Waals surface area contributed by atoms with Gasteiger partial charge in [-0.05, 0) is 48.9 Å². The van der Waals surface area contributed by atoms with E-state index in [1.807, 2.05) is 37.3 Å². The van der Waals surface area contributed by atoms with Crippen LogP contribution in [-0.2, 0) is 4.79 Å². The third-order valence-electron chi connectivity index (χ3n) is 4.32. The molecule has 0 aliphatic rings. The second-order valence-electron chi connectivity index (χ2n) is 6.36. The van der Waals surface area contributed by atoms with Crippen molar-refractivity contribution in [3.05, 3.63) is 95.6 Å². The number of benzene rings is 2. The molecule has 148 valence electrons. The number of hydrogen-bond donors (Lipinski definition) is 2. The quantitative estimate of drug-likeness (QED) is 0.599. The van der Waals surface area contributed by atoms with Crippen molar-refractivity contribution in [1.82, 2.24) is 10.6 Å². The lowest BCUT2D eigenvalue weighted by atomic mass is 10.1. The highest BCUT2D eigenvalue weighted by Crippen LogP contribution is 2.15. The summed E-state index contributed by atoms with van der Waals surface area (Å²) in [5.74, 6) is 0.271. The summed E-state index contributed by atoms with van der Waals surface area (Å²) in [6.07, 6.45) is 2.99. The van der Waals surface area contributed by atoms with Gasteiger partial charge in [-0.1, -0.05) is 30.3 Å². The molecule has 6 nitrogen and oxygen atoms in total. The number of ether oxygens (including phenoxy) is 1. The minimum Gasteiger partial charge on any atom is -0.497 e. The van der Waals surface area contributed by atoms with Crippen molar-refractivity contribution >= 4 is 17.9 Å². The highest BCUT2D eigenvalue weighted by atomic mass is 16.5. The Labute approximate surface area is 169 Å². The summed E-state index contributed by atoms with van der Waals surface area (Å²) in [7, 11) is 1.55. The predicted molar refractivity (Wildman–Crippen MR) is 110 cm³/mol. The van der Waals surface area contributed by atoms with E-state index in [9.17, 15) is 9.59 Å². The van der Waals surface area contributed by atoms with Crippen molar-refractivity contribution in [1.29, 1.82) is 0 Å². The van der Waals surface area contributed by atoms with E-state index in [1.165, 1.54) is 12.3 Å². The van der Waals surface area contributed by atoms with Gasteiger partial charge in [-0.3, -0.25) is 9.59 Å². The Balaban J connectivity index is 1.79. The van der Waals surface area contributed by atoms with Crippen LogP contribution in [0.1, 0.15) is 34.6 Å². The second-order valence-corrected chi connectivity index (χ2v) is 6.36. The summed E-state index contributed by atoms with van der Waals surface area (Å²) < 4.78 is 10.4. The zero-order valence-corrected chi connectivity index (χ0v) is 16.2.